The molecule has 0 atom stereocenters. The summed E-state index contributed by atoms with van der Waals surface area (Å²) in [6, 6.07) is 16.3. The van der Waals surface area contributed by atoms with E-state index in [1.54, 1.807) is 17.8 Å². The molecule has 1 heterocycles. The number of nitrogens with zero attached hydrogens (tertiary/aromatic N) is 2. The summed E-state index contributed by atoms with van der Waals surface area (Å²) in [5.41, 5.74) is 5.45. The third-order valence-electron chi connectivity index (χ3n) is 6.62. The molecule has 0 unspecified atom stereocenters. The first-order chi connectivity index (χ1) is 15.1. The molecule has 0 aliphatic heterocycles. The van der Waals surface area contributed by atoms with Crippen LogP contribution in [0.5, 0.6) is 0 Å². The molecule has 1 spiro atoms. The molecule has 3 aromatic rings. The van der Waals surface area contributed by atoms with E-state index >= 15 is 0 Å². The quantitative estimate of drug-likeness (QED) is 0.257. The van der Waals surface area contributed by atoms with Gasteiger partial charge in [0.15, 0.2) is 5.16 Å². The van der Waals surface area contributed by atoms with Crippen LogP contribution in [0.25, 0.3) is 11.3 Å². The van der Waals surface area contributed by atoms with Crippen LogP contribution >= 0.6 is 23.4 Å². The van der Waals surface area contributed by atoms with Crippen LogP contribution in [-0.2, 0) is 24.1 Å². The van der Waals surface area contributed by atoms with Gasteiger partial charge in [0.1, 0.15) is 0 Å². The number of hydrogen-bond donors (Lipinski definition) is 0. The van der Waals surface area contributed by atoms with Gasteiger partial charge in [0.25, 0.3) is 5.56 Å². The lowest BCUT2D eigenvalue weighted by atomic mass is 9.68. The zero-order chi connectivity index (χ0) is 21.4. The summed E-state index contributed by atoms with van der Waals surface area (Å²) in [4.78, 5) is 19.0. The van der Waals surface area contributed by atoms with Gasteiger partial charge < -0.3 is 0 Å². The number of fused-ring (bicyclic) bond motifs is 4. The largest absolute Gasteiger partial charge is 0.283 e. The Morgan fingerprint density at radius 3 is 2.61 bits per heavy atom. The van der Waals surface area contributed by atoms with Gasteiger partial charge in [-0.25, -0.2) is 4.98 Å². The Morgan fingerprint density at radius 2 is 1.87 bits per heavy atom. The normalized spacial score (nSPS) is 16.2. The number of aromatic nitrogens is 2. The molecule has 158 valence electrons. The standard InChI is InChI=1S/C26H25ClN2OS/c1-2-15-29-24(30)22-23(28-25(29)31-17-18-9-11-20(27)12-10-18)21-8-4-3-7-19(21)16-26(22)13-5-6-14-26/h2-4,7-12H,1,5-6,13-17H2. The van der Waals surface area contributed by atoms with Crippen molar-refractivity contribution >= 4 is 23.4 Å². The van der Waals surface area contributed by atoms with E-state index in [2.05, 4.69) is 24.8 Å². The molecule has 0 amide bonds. The van der Waals surface area contributed by atoms with Crippen LogP contribution in [0.3, 0.4) is 0 Å². The Bertz CT molecular complexity index is 1190. The second-order valence-electron chi connectivity index (χ2n) is 8.56. The Kier molecular flexibility index (Phi) is 5.53. The van der Waals surface area contributed by atoms with E-state index in [1.807, 2.05) is 34.9 Å². The van der Waals surface area contributed by atoms with Gasteiger partial charge in [-0.2, -0.15) is 0 Å². The third kappa shape index (κ3) is 3.66. The number of hydrogen-bond acceptors (Lipinski definition) is 3. The first-order valence-electron chi connectivity index (χ1n) is 10.8. The molecule has 2 aromatic carbocycles. The molecular weight excluding hydrogens is 424 g/mol. The average molecular weight is 449 g/mol. The maximum Gasteiger partial charge on any atom is 0.258 e. The van der Waals surface area contributed by atoms with Crippen molar-refractivity contribution in [1.29, 1.82) is 0 Å². The summed E-state index contributed by atoms with van der Waals surface area (Å²) in [5.74, 6) is 0.729. The van der Waals surface area contributed by atoms with Gasteiger partial charge in [0.2, 0.25) is 0 Å². The monoisotopic (exact) mass is 448 g/mol. The fourth-order valence-corrected chi connectivity index (χ4v) is 6.26. The predicted octanol–water partition coefficient (Wildman–Crippen LogP) is 6.41. The zero-order valence-corrected chi connectivity index (χ0v) is 19.0. The predicted molar refractivity (Wildman–Crippen MR) is 129 cm³/mol. The number of allylic oxidation sites excluding steroid dienone is 1. The van der Waals surface area contributed by atoms with Crippen molar-refractivity contribution in [2.45, 2.75) is 55.0 Å². The number of thioether (sulfide) groups is 1. The summed E-state index contributed by atoms with van der Waals surface area (Å²) in [6.07, 6.45) is 7.22. The van der Waals surface area contributed by atoms with Crippen molar-refractivity contribution in [1.82, 2.24) is 9.55 Å². The molecule has 31 heavy (non-hydrogen) atoms. The summed E-state index contributed by atoms with van der Waals surface area (Å²) in [6.45, 7) is 4.36. The fraction of sp³-hybridized carbons (Fsp3) is 0.308. The Balaban J connectivity index is 1.65. The molecular formula is C26H25ClN2OS. The summed E-state index contributed by atoms with van der Waals surface area (Å²) < 4.78 is 1.82. The van der Waals surface area contributed by atoms with Crippen LogP contribution in [0.2, 0.25) is 5.02 Å². The van der Waals surface area contributed by atoms with Gasteiger partial charge in [0, 0.05) is 28.3 Å². The first kappa shape index (κ1) is 20.6. The lowest BCUT2D eigenvalue weighted by molar-refractivity contribution is 0.418. The highest BCUT2D eigenvalue weighted by molar-refractivity contribution is 7.98. The molecule has 0 radical (unpaired) electrons. The SMILES string of the molecule is C=CCn1c(SCc2ccc(Cl)cc2)nc2c(c1=O)C1(CCCC1)Cc1ccccc1-2. The summed E-state index contributed by atoms with van der Waals surface area (Å²) in [7, 11) is 0. The molecule has 0 N–H and O–H groups in total. The van der Waals surface area contributed by atoms with Crippen molar-refractivity contribution < 1.29 is 0 Å². The van der Waals surface area contributed by atoms with Crippen LogP contribution in [0.15, 0.2) is 71.1 Å². The maximum atomic E-state index is 13.9. The van der Waals surface area contributed by atoms with Crippen molar-refractivity contribution in [2.24, 2.45) is 0 Å². The number of benzene rings is 2. The molecule has 0 bridgehead atoms. The van der Waals surface area contributed by atoms with Crippen molar-refractivity contribution in [3.63, 3.8) is 0 Å². The molecule has 2 aliphatic carbocycles. The van der Waals surface area contributed by atoms with E-state index < -0.39 is 0 Å². The van der Waals surface area contributed by atoms with E-state index in [9.17, 15) is 4.79 Å². The summed E-state index contributed by atoms with van der Waals surface area (Å²) in [5, 5.41) is 1.48. The van der Waals surface area contributed by atoms with Gasteiger partial charge in [-0.15, -0.1) is 6.58 Å². The fourth-order valence-electron chi connectivity index (χ4n) is 5.17. The zero-order valence-electron chi connectivity index (χ0n) is 17.4. The van der Waals surface area contributed by atoms with Crippen molar-refractivity contribution in [3.8, 4) is 11.3 Å². The van der Waals surface area contributed by atoms with Crippen LogP contribution in [0.1, 0.15) is 42.4 Å². The van der Waals surface area contributed by atoms with Gasteiger partial charge in [-0.1, -0.05) is 78.7 Å². The van der Waals surface area contributed by atoms with E-state index in [-0.39, 0.29) is 11.0 Å². The maximum absolute atomic E-state index is 13.9. The van der Waals surface area contributed by atoms with E-state index in [0.717, 1.165) is 57.6 Å². The highest BCUT2D eigenvalue weighted by Gasteiger charge is 2.44. The minimum Gasteiger partial charge on any atom is -0.283 e. The number of rotatable bonds is 5. The minimum absolute atomic E-state index is 0.0733. The Hall–Kier alpha value is -2.30. The van der Waals surface area contributed by atoms with E-state index in [0.29, 0.717) is 6.54 Å². The highest BCUT2D eigenvalue weighted by Crippen LogP contribution is 2.50. The van der Waals surface area contributed by atoms with E-state index in [1.165, 1.54) is 18.4 Å². The molecule has 5 heteroatoms. The smallest absolute Gasteiger partial charge is 0.258 e. The van der Waals surface area contributed by atoms with Crippen LogP contribution in [0.4, 0.5) is 0 Å². The molecule has 3 nitrogen and oxygen atoms in total. The second kappa shape index (κ2) is 8.33. The molecule has 1 aromatic heterocycles. The van der Waals surface area contributed by atoms with Crippen LogP contribution < -0.4 is 5.56 Å². The third-order valence-corrected chi connectivity index (χ3v) is 7.92. The van der Waals surface area contributed by atoms with Crippen LogP contribution in [0, 0.1) is 0 Å². The lowest BCUT2D eigenvalue weighted by Gasteiger charge is -2.36. The molecule has 2 aliphatic rings. The lowest BCUT2D eigenvalue weighted by Crippen LogP contribution is -2.40. The van der Waals surface area contributed by atoms with Gasteiger partial charge >= 0.3 is 0 Å². The summed E-state index contributed by atoms with van der Waals surface area (Å²) >= 11 is 7.63. The van der Waals surface area contributed by atoms with Gasteiger partial charge in [-0.3, -0.25) is 9.36 Å². The van der Waals surface area contributed by atoms with Crippen molar-refractivity contribution in [2.75, 3.05) is 0 Å². The van der Waals surface area contributed by atoms with Crippen LogP contribution in [-0.4, -0.2) is 9.55 Å². The molecule has 1 fully saturated rings. The second-order valence-corrected chi connectivity index (χ2v) is 9.94. The van der Waals surface area contributed by atoms with E-state index in [4.69, 9.17) is 16.6 Å². The molecule has 0 saturated heterocycles. The van der Waals surface area contributed by atoms with Gasteiger partial charge in [0.05, 0.1) is 11.3 Å². The van der Waals surface area contributed by atoms with Crippen molar-refractivity contribution in [3.05, 3.63) is 93.3 Å². The molecule has 5 rings (SSSR count). The minimum atomic E-state index is -0.0733. The highest BCUT2D eigenvalue weighted by atomic mass is 35.5. The Morgan fingerprint density at radius 1 is 1.13 bits per heavy atom. The van der Waals surface area contributed by atoms with Gasteiger partial charge in [-0.05, 0) is 42.5 Å². The molecule has 1 saturated carbocycles. The first-order valence-corrected chi connectivity index (χ1v) is 12.2. The average Bonchev–Trinajstić information content (AvgIpc) is 3.23. The Labute approximate surface area is 192 Å². The number of halogens is 1. The topological polar surface area (TPSA) is 34.9 Å².